The van der Waals surface area contributed by atoms with Crippen LogP contribution in [-0.4, -0.2) is 38.9 Å². The highest BCUT2D eigenvalue weighted by atomic mass is 16.2. The molecule has 0 saturated heterocycles. The van der Waals surface area contributed by atoms with Crippen LogP contribution in [0.4, 0.5) is 5.82 Å². The summed E-state index contributed by atoms with van der Waals surface area (Å²) in [6.45, 7) is 3.97. The highest BCUT2D eigenvalue weighted by Crippen LogP contribution is 2.22. The maximum atomic E-state index is 12.2. The van der Waals surface area contributed by atoms with Crippen LogP contribution in [0.1, 0.15) is 47.0 Å². The van der Waals surface area contributed by atoms with Gasteiger partial charge < -0.3 is 5.32 Å². The van der Waals surface area contributed by atoms with Crippen molar-refractivity contribution in [1.82, 2.24) is 14.7 Å². The molecule has 0 atom stereocenters. The molecule has 24 heavy (non-hydrogen) atoms. The molecule has 1 aliphatic rings. The van der Waals surface area contributed by atoms with E-state index < -0.39 is 0 Å². The molecular weight excluding hydrogens is 308 g/mol. The van der Waals surface area contributed by atoms with Gasteiger partial charge in [0, 0.05) is 25.1 Å². The van der Waals surface area contributed by atoms with E-state index >= 15 is 0 Å². The van der Waals surface area contributed by atoms with E-state index in [-0.39, 0.29) is 36.7 Å². The van der Waals surface area contributed by atoms with Crippen molar-refractivity contribution in [2.75, 3.05) is 11.9 Å². The summed E-state index contributed by atoms with van der Waals surface area (Å²) < 4.78 is 1.69. The average Bonchev–Trinajstić information content (AvgIpc) is 3.11. The van der Waals surface area contributed by atoms with E-state index in [0.717, 1.165) is 4.90 Å². The minimum atomic E-state index is -0.351. The Labute approximate surface area is 139 Å². The minimum Gasteiger partial charge on any atom is -0.311 e. The van der Waals surface area contributed by atoms with E-state index in [4.69, 9.17) is 0 Å². The number of aromatic nitrogens is 2. The summed E-state index contributed by atoms with van der Waals surface area (Å²) in [6.07, 6.45) is 1.65. The third kappa shape index (κ3) is 2.80. The molecule has 3 amide bonds. The number of anilines is 1. The SMILES string of the molecule is CC(C)n1nccc1NC(=O)CCN1C(=O)c2ccccc2C1=O. The lowest BCUT2D eigenvalue weighted by atomic mass is 10.1. The lowest BCUT2D eigenvalue weighted by molar-refractivity contribution is -0.116. The second-order valence-electron chi connectivity index (χ2n) is 5.86. The maximum absolute atomic E-state index is 12.2. The number of rotatable bonds is 5. The number of nitrogens with one attached hydrogen (secondary N) is 1. The number of carbonyl (C=O) groups is 3. The van der Waals surface area contributed by atoms with Gasteiger partial charge in [-0.1, -0.05) is 12.1 Å². The van der Waals surface area contributed by atoms with Crippen molar-refractivity contribution >= 4 is 23.5 Å². The molecule has 0 radical (unpaired) electrons. The van der Waals surface area contributed by atoms with Crippen LogP contribution in [0.3, 0.4) is 0 Å². The van der Waals surface area contributed by atoms with Crippen molar-refractivity contribution in [1.29, 1.82) is 0 Å². The Morgan fingerprint density at radius 1 is 1.12 bits per heavy atom. The second kappa shape index (κ2) is 6.27. The Bertz CT molecular complexity index is 775. The third-order valence-corrected chi connectivity index (χ3v) is 3.87. The zero-order valence-electron chi connectivity index (χ0n) is 13.5. The molecule has 1 aromatic heterocycles. The van der Waals surface area contributed by atoms with E-state index in [0.29, 0.717) is 16.9 Å². The number of benzene rings is 1. The van der Waals surface area contributed by atoms with Crippen molar-refractivity contribution in [3.8, 4) is 0 Å². The van der Waals surface area contributed by atoms with Crippen LogP contribution in [0, 0.1) is 0 Å². The number of imide groups is 1. The van der Waals surface area contributed by atoms with Crippen LogP contribution in [-0.2, 0) is 4.79 Å². The van der Waals surface area contributed by atoms with E-state index in [2.05, 4.69) is 10.4 Å². The largest absolute Gasteiger partial charge is 0.311 e. The molecule has 2 heterocycles. The molecule has 1 N–H and O–H groups in total. The smallest absolute Gasteiger partial charge is 0.261 e. The Morgan fingerprint density at radius 2 is 1.75 bits per heavy atom. The molecule has 0 spiro atoms. The lowest BCUT2D eigenvalue weighted by Gasteiger charge is -2.15. The van der Waals surface area contributed by atoms with Gasteiger partial charge in [0.1, 0.15) is 5.82 Å². The van der Waals surface area contributed by atoms with Gasteiger partial charge >= 0.3 is 0 Å². The molecule has 0 bridgehead atoms. The van der Waals surface area contributed by atoms with Crippen molar-refractivity contribution in [2.45, 2.75) is 26.3 Å². The second-order valence-corrected chi connectivity index (χ2v) is 5.86. The summed E-state index contributed by atoms with van der Waals surface area (Å²) in [7, 11) is 0. The van der Waals surface area contributed by atoms with Gasteiger partial charge in [0.25, 0.3) is 11.8 Å². The van der Waals surface area contributed by atoms with Crippen molar-refractivity contribution in [3.05, 3.63) is 47.7 Å². The van der Waals surface area contributed by atoms with Gasteiger partial charge in [-0.2, -0.15) is 5.10 Å². The quantitative estimate of drug-likeness (QED) is 0.853. The molecule has 0 aliphatic carbocycles. The summed E-state index contributed by atoms with van der Waals surface area (Å²) in [5.41, 5.74) is 0.779. The summed E-state index contributed by atoms with van der Waals surface area (Å²) in [5, 5.41) is 6.90. The van der Waals surface area contributed by atoms with Crippen LogP contribution >= 0.6 is 0 Å². The maximum Gasteiger partial charge on any atom is 0.261 e. The number of hydrogen-bond acceptors (Lipinski definition) is 4. The summed E-state index contributed by atoms with van der Waals surface area (Å²) >= 11 is 0. The predicted molar refractivity (Wildman–Crippen MR) is 87.7 cm³/mol. The van der Waals surface area contributed by atoms with Gasteiger partial charge in [-0.25, -0.2) is 4.68 Å². The Hall–Kier alpha value is -2.96. The van der Waals surface area contributed by atoms with Gasteiger partial charge in [0.15, 0.2) is 0 Å². The normalized spacial score (nSPS) is 13.5. The minimum absolute atomic E-state index is 0.0365. The molecule has 0 saturated carbocycles. The highest BCUT2D eigenvalue weighted by molar-refractivity contribution is 6.21. The first-order valence-electron chi connectivity index (χ1n) is 7.77. The molecule has 124 valence electrons. The fraction of sp³-hybridized carbons (Fsp3) is 0.294. The highest BCUT2D eigenvalue weighted by Gasteiger charge is 2.34. The molecule has 7 heteroatoms. The zero-order chi connectivity index (χ0) is 17.3. The standard InChI is InChI=1S/C17H18N4O3/c1-11(2)21-14(7-9-18-21)19-15(22)8-10-20-16(23)12-5-3-4-6-13(12)17(20)24/h3-7,9,11H,8,10H2,1-2H3,(H,19,22). The number of carbonyl (C=O) groups excluding carboxylic acids is 3. The van der Waals surface area contributed by atoms with Crippen LogP contribution in [0.2, 0.25) is 0 Å². The summed E-state index contributed by atoms with van der Waals surface area (Å²) in [4.78, 5) is 37.7. The molecule has 1 aliphatic heterocycles. The Kier molecular flexibility index (Phi) is 4.16. The monoisotopic (exact) mass is 326 g/mol. The molecule has 2 aromatic rings. The number of nitrogens with zero attached hydrogens (tertiary/aromatic N) is 3. The van der Waals surface area contributed by atoms with Gasteiger partial charge in [-0.3, -0.25) is 19.3 Å². The van der Waals surface area contributed by atoms with E-state index in [1.807, 2.05) is 13.8 Å². The van der Waals surface area contributed by atoms with Gasteiger partial charge in [0.2, 0.25) is 5.91 Å². The molecule has 7 nitrogen and oxygen atoms in total. The molecular formula is C17H18N4O3. The van der Waals surface area contributed by atoms with Crippen LogP contribution in [0.15, 0.2) is 36.5 Å². The van der Waals surface area contributed by atoms with Gasteiger partial charge in [-0.15, -0.1) is 0 Å². The van der Waals surface area contributed by atoms with Crippen LogP contribution < -0.4 is 5.32 Å². The first-order chi connectivity index (χ1) is 11.5. The Balaban J connectivity index is 1.62. The van der Waals surface area contributed by atoms with Crippen molar-refractivity contribution < 1.29 is 14.4 Å². The molecule has 0 fully saturated rings. The van der Waals surface area contributed by atoms with Crippen molar-refractivity contribution in [3.63, 3.8) is 0 Å². The molecule has 1 aromatic carbocycles. The fourth-order valence-corrected chi connectivity index (χ4v) is 2.69. The van der Waals surface area contributed by atoms with Crippen molar-refractivity contribution in [2.24, 2.45) is 0 Å². The Morgan fingerprint density at radius 3 is 2.33 bits per heavy atom. The number of fused-ring (bicyclic) bond motifs is 1. The predicted octanol–water partition coefficient (Wildman–Crippen LogP) is 2.09. The van der Waals surface area contributed by atoms with Gasteiger partial charge in [0.05, 0.1) is 17.3 Å². The lowest BCUT2D eigenvalue weighted by Crippen LogP contribution is -2.33. The van der Waals surface area contributed by atoms with E-state index in [9.17, 15) is 14.4 Å². The summed E-state index contributed by atoms with van der Waals surface area (Å²) in [6, 6.07) is 8.50. The van der Waals surface area contributed by atoms with Crippen LogP contribution in [0.5, 0.6) is 0 Å². The summed E-state index contributed by atoms with van der Waals surface area (Å²) in [5.74, 6) is -0.377. The van der Waals surface area contributed by atoms with E-state index in [1.165, 1.54) is 0 Å². The van der Waals surface area contributed by atoms with E-state index in [1.54, 1.807) is 41.2 Å². The van der Waals surface area contributed by atoms with Crippen LogP contribution in [0.25, 0.3) is 0 Å². The number of hydrogen-bond donors (Lipinski definition) is 1. The third-order valence-electron chi connectivity index (χ3n) is 3.87. The first-order valence-corrected chi connectivity index (χ1v) is 7.77. The molecule has 0 unspecified atom stereocenters. The molecule has 3 rings (SSSR count). The first kappa shape index (κ1) is 15.9. The topological polar surface area (TPSA) is 84.3 Å². The zero-order valence-corrected chi connectivity index (χ0v) is 13.5. The number of amides is 3. The fourth-order valence-electron chi connectivity index (χ4n) is 2.69. The average molecular weight is 326 g/mol. The van der Waals surface area contributed by atoms with Gasteiger partial charge in [-0.05, 0) is 26.0 Å².